The molecule has 0 radical (unpaired) electrons. The number of carbonyl (C=O) groups excluding carboxylic acids is 2. The number of nitrogens with one attached hydrogen (secondary N) is 1. The van der Waals surface area contributed by atoms with E-state index in [-0.39, 0.29) is 22.3 Å². The molecule has 2 atom stereocenters. The maximum atomic E-state index is 14.2. The second-order valence-corrected chi connectivity index (χ2v) is 10.0. The number of thioether (sulfide) groups is 1. The SMILES string of the molecule is Cc1cc(C(C)C2(C(C)c3ccnc(C)c3)NC(=O)N(c3ccc(SC(F)(F)F)cc3)C2=O)ccn1. The molecule has 3 amide bonds. The number of halogens is 3. The Morgan fingerprint density at radius 1 is 0.889 bits per heavy atom. The lowest BCUT2D eigenvalue weighted by atomic mass is 9.70. The lowest BCUT2D eigenvalue weighted by molar-refractivity contribution is -0.123. The van der Waals surface area contributed by atoms with Crippen molar-refractivity contribution in [3.8, 4) is 0 Å². The van der Waals surface area contributed by atoms with E-state index in [9.17, 15) is 22.8 Å². The highest BCUT2D eigenvalue weighted by Crippen LogP contribution is 2.45. The third-order valence-electron chi connectivity index (χ3n) is 6.61. The first-order chi connectivity index (χ1) is 16.9. The van der Waals surface area contributed by atoms with E-state index in [1.165, 1.54) is 24.3 Å². The minimum Gasteiger partial charge on any atom is -0.322 e. The molecule has 1 aliphatic heterocycles. The molecule has 0 bridgehead atoms. The van der Waals surface area contributed by atoms with Crippen LogP contribution in [0, 0.1) is 13.8 Å². The van der Waals surface area contributed by atoms with E-state index in [0.717, 1.165) is 27.4 Å². The van der Waals surface area contributed by atoms with Crippen LogP contribution in [0.2, 0.25) is 0 Å². The predicted octanol–water partition coefficient (Wildman–Crippen LogP) is 6.11. The van der Waals surface area contributed by atoms with Crippen molar-refractivity contribution in [2.45, 2.75) is 55.5 Å². The van der Waals surface area contributed by atoms with Gasteiger partial charge in [-0.3, -0.25) is 14.8 Å². The number of hydrogen-bond acceptors (Lipinski definition) is 5. The highest BCUT2D eigenvalue weighted by atomic mass is 32.2. The van der Waals surface area contributed by atoms with Crippen molar-refractivity contribution in [1.29, 1.82) is 0 Å². The van der Waals surface area contributed by atoms with Gasteiger partial charge in [-0.05, 0) is 85.3 Å². The molecule has 1 N–H and O–H groups in total. The molecule has 2 unspecified atom stereocenters. The molecular weight excluding hydrogens is 489 g/mol. The van der Waals surface area contributed by atoms with Crippen LogP contribution in [0.3, 0.4) is 0 Å². The van der Waals surface area contributed by atoms with E-state index < -0.39 is 34.8 Å². The van der Waals surface area contributed by atoms with Crippen molar-refractivity contribution in [2.75, 3.05) is 4.90 Å². The van der Waals surface area contributed by atoms with E-state index in [1.807, 2.05) is 52.0 Å². The number of aromatic nitrogens is 2. The van der Waals surface area contributed by atoms with Gasteiger partial charge in [0.2, 0.25) is 0 Å². The van der Waals surface area contributed by atoms with E-state index >= 15 is 0 Å². The molecule has 0 saturated carbocycles. The van der Waals surface area contributed by atoms with Gasteiger partial charge >= 0.3 is 11.5 Å². The number of rotatable bonds is 6. The van der Waals surface area contributed by atoms with Crippen LogP contribution in [0.25, 0.3) is 0 Å². The fraction of sp³-hybridized carbons (Fsp3) is 0.308. The summed E-state index contributed by atoms with van der Waals surface area (Å²) >= 11 is -0.255. The molecule has 6 nitrogen and oxygen atoms in total. The van der Waals surface area contributed by atoms with Gasteiger partial charge in [-0.15, -0.1) is 0 Å². The van der Waals surface area contributed by atoms with Gasteiger partial charge in [-0.25, -0.2) is 9.69 Å². The predicted molar refractivity (Wildman–Crippen MR) is 132 cm³/mol. The van der Waals surface area contributed by atoms with Gasteiger partial charge in [0.25, 0.3) is 5.91 Å². The summed E-state index contributed by atoms with van der Waals surface area (Å²) in [5.74, 6) is -1.39. The number of hydrogen-bond donors (Lipinski definition) is 1. The molecule has 188 valence electrons. The zero-order chi connectivity index (χ0) is 26.3. The van der Waals surface area contributed by atoms with Gasteiger partial charge in [0.1, 0.15) is 5.54 Å². The summed E-state index contributed by atoms with van der Waals surface area (Å²) in [5, 5.41) is 2.97. The summed E-state index contributed by atoms with van der Waals surface area (Å²) in [4.78, 5) is 36.9. The van der Waals surface area contributed by atoms with Gasteiger partial charge < -0.3 is 5.32 Å². The highest BCUT2D eigenvalue weighted by molar-refractivity contribution is 8.00. The van der Waals surface area contributed by atoms with Gasteiger partial charge in [-0.1, -0.05) is 13.8 Å². The van der Waals surface area contributed by atoms with Crippen LogP contribution in [0.4, 0.5) is 23.7 Å². The number of amides is 3. The van der Waals surface area contributed by atoms with Crippen molar-refractivity contribution in [1.82, 2.24) is 15.3 Å². The van der Waals surface area contributed by atoms with Gasteiger partial charge in [0, 0.05) is 40.5 Å². The highest BCUT2D eigenvalue weighted by Gasteiger charge is 2.58. The lowest BCUT2D eigenvalue weighted by Gasteiger charge is -2.39. The molecule has 1 aliphatic rings. The number of carbonyl (C=O) groups is 2. The summed E-state index contributed by atoms with van der Waals surface area (Å²) in [6.07, 6.45) is 3.32. The summed E-state index contributed by atoms with van der Waals surface area (Å²) < 4.78 is 38.3. The van der Waals surface area contributed by atoms with Gasteiger partial charge in [-0.2, -0.15) is 13.2 Å². The fourth-order valence-electron chi connectivity index (χ4n) is 4.76. The Labute approximate surface area is 211 Å². The average Bonchev–Trinajstić information content (AvgIpc) is 3.08. The zero-order valence-corrected chi connectivity index (χ0v) is 20.9. The second kappa shape index (κ2) is 9.57. The molecule has 4 rings (SSSR count). The van der Waals surface area contributed by atoms with E-state index in [0.29, 0.717) is 0 Å². The molecule has 2 aromatic heterocycles. The summed E-state index contributed by atoms with van der Waals surface area (Å²) in [5.41, 5.74) is -2.41. The maximum Gasteiger partial charge on any atom is 0.446 e. The number of pyridine rings is 2. The van der Waals surface area contributed by atoms with Gasteiger partial charge in [0.15, 0.2) is 0 Å². The number of benzene rings is 1. The number of urea groups is 1. The van der Waals surface area contributed by atoms with E-state index in [2.05, 4.69) is 15.3 Å². The molecule has 3 heterocycles. The van der Waals surface area contributed by atoms with Crippen LogP contribution in [0.15, 0.2) is 65.8 Å². The quantitative estimate of drug-likeness (QED) is 0.317. The Hall–Kier alpha value is -3.40. The number of anilines is 1. The van der Waals surface area contributed by atoms with Crippen LogP contribution in [0.5, 0.6) is 0 Å². The van der Waals surface area contributed by atoms with Crippen molar-refractivity contribution < 1.29 is 22.8 Å². The van der Waals surface area contributed by atoms with Crippen molar-refractivity contribution in [3.05, 3.63) is 83.4 Å². The molecule has 0 aliphatic carbocycles. The number of nitrogens with zero attached hydrogens (tertiary/aromatic N) is 3. The molecule has 3 aromatic rings. The maximum absolute atomic E-state index is 14.2. The number of aryl methyl sites for hydroxylation is 2. The third-order valence-corrected chi connectivity index (χ3v) is 7.35. The van der Waals surface area contributed by atoms with Crippen molar-refractivity contribution in [2.24, 2.45) is 0 Å². The number of imide groups is 1. The fourth-order valence-corrected chi connectivity index (χ4v) is 5.30. The Morgan fingerprint density at radius 3 is 1.83 bits per heavy atom. The molecule has 36 heavy (non-hydrogen) atoms. The standard InChI is InChI=1S/C26H25F3N4O2S/c1-15-13-19(9-11-30-15)17(3)25(18(4)20-10-12-31-16(2)14-20)23(34)33(24(35)32-25)21-5-7-22(8-6-21)36-26(27,28)29/h5-14,17-18H,1-4H3,(H,32,35). The van der Waals surface area contributed by atoms with Crippen molar-refractivity contribution in [3.63, 3.8) is 0 Å². The molecule has 10 heteroatoms. The minimum absolute atomic E-state index is 0.0363. The van der Waals surface area contributed by atoms with Crippen LogP contribution >= 0.6 is 11.8 Å². The van der Waals surface area contributed by atoms with Gasteiger partial charge in [0.05, 0.1) is 5.69 Å². The molecule has 1 saturated heterocycles. The Morgan fingerprint density at radius 2 is 1.39 bits per heavy atom. The Kier molecular flexibility index (Phi) is 6.83. The molecule has 1 aromatic carbocycles. The van der Waals surface area contributed by atoms with Crippen molar-refractivity contribution >= 4 is 29.4 Å². The normalized spacial score (nSPS) is 19.8. The second-order valence-electron chi connectivity index (χ2n) is 8.89. The smallest absolute Gasteiger partial charge is 0.322 e. The third kappa shape index (κ3) is 4.82. The summed E-state index contributed by atoms with van der Waals surface area (Å²) in [6.45, 7) is 7.45. The largest absolute Gasteiger partial charge is 0.446 e. The van der Waals surface area contributed by atoms with Crippen LogP contribution in [-0.2, 0) is 4.79 Å². The summed E-state index contributed by atoms with van der Waals surface area (Å²) in [6, 6.07) is 12.0. The van der Waals surface area contributed by atoms with Crippen LogP contribution in [-0.4, -0.2) is 33.0 Å². The van der Waals surface area contributed by atoms with E-state index in [1.54, 1.807) is 12.4 Å². The lowest BCUT2D eigenvalue weighted by Crippen LogP contribution is -2.55. The minimum atomic E-state index is -4.44. The van der Waals surface area contributed by atoms with Crippen LogP contribution in [0.1, 0.15) is 48.2 Å². The first-order valence-corrected chi connectivity index (χ1v) is 12.1. The van der Waals surface area contributed by atoms with Crippen LogP contribution < -0.4 is 10.2 Å². The molecular formula is C26H25F3N4O2S. The zero-order valence-electron chi connectivity index (χ0n) is 20.1. The topological polar surface area (TPSA) is 75.2 Å². The van der Waals surface area contributed by atoms with E-state index in [4.69, 9.17) is 0 Å². The Bertz CT molecular complexity index is 1250. The first-order valence-electron chi connectivity index (χ1n) is 11.3. The summed E-state index contributed by atoms with van der Waals surface area (Å²) in [7, 11) is 0. The molecule has 1 fully saturated rings. The first kappa shape index (κ1) is 25.7. The number of alkyl halides is 3. The Balaban J connectivity index is 1.79. The molecule has 0 spiro atoms. The monoisotopic (exact) mass is 514 g/mol. The average molecular weight is 515 g/mol.